The van der Waals surface area contributed by atoms with E-state index in [0.717, 1.165) is 12.1 Å². The van der Waals surface area contributed by atoms with Crippen LogP contribution in [0.15, 0.2) is 48.5 Å². The first-order valence-electron chi connectivity index (χ1n) is 7.10. The lowest BCUT2D eigenvalue weighted by atomic mass is 10.1. The van der Waals surface area contributed by atoms with E-state index in [2.05, 4.69) is 29.7 Å². The molecule has 21 heavy (non-hydrogen) atoms. The normalized spacial score (nSPS) is 10.2. The fraction of sp³-hybridized carbons (Fsp3) is 0.235. The minimum absolute atomic E-state index is 0.323. The summed E-state index contributed by atoms with van der Waals surface area (Å²) >= 11 is 5.19. The molecule has 0 aromatic heterocycles. The predicted octanol–water partition coefficient (Wildman–Crippen LogP) is 4.98. The van der Waals surface area contributed by atoms with E-state index >= 15 is 0 Å². The van der Waals surface area contributed by atoms with E-state index in [1.807, 2.05) is 12.1 Å². The molecular formula is C17H19FN2S. The average Bonchev–Trinajstić information content (AvgIpc) is 2.49. The average molecular weight is 302 g/mol. The summed E-state index contributed by atoms with van der Waals surface area (Å²) in [6.45, 7) is 2.18. The highest BCUT2D eigenvalue weighted by molar-refractivity contribution is 7.80. The summed E-state index contributed by atoms with van der Waals surface area (Å²) < 4.78 is 13.5. The van der Waals surface area contributed by atoms with E-state index in [1.165, 1.54) is 24.5 Å². The maximum atomic E-state index is 13.5. The van der Waals surface area contributed by atoms with Gasteiger partial charge in [-0.25, -0.2) is 4.39 Å². The molecule has 2 N–H and O–H groups in total. The van der Waals surface area contributed by atoms with Gasteiger partial charge in [-0.15, -0.1) is 0 Å². The minimum atomic E-state index is -0.323. The zero-order chi connectivity index (χ0) is 15.1. The number of unbranched alkanes of at least 4 members (excludes halogenated alkanes) is 1. The van der Waals surface area contributed by atoms with Crippen LogP contribution in [0, 0.1) is 5.82 Å². The predicted molar refractivity (Wildman–Crippen MR) is 91.3 cm³/mol. The molecule has 0 spiro atoms. The van der Waals surface area contributed by atoms with Crippen LogP contribution < -0.4 is 10.6 Å². The Balaban J connectivity index is 1.92. The van der Waals surface area contributed by atoms with E-state index < -0.39 is 0 Å². The van der Waals surface area contributed by atoms with Crippen LogP contribution in [-0.4, -0.2) is 5.11 Å². The van der Waals surface area contributed by atoms with Gasteiger partial charge in [0.05, 0.1) is 5.69 Å². The van der Waals surface area contributed by atoms with Crippen LogP contribution in [-0.2, 0) is 6.42 Å². The largest absolute Gasteiger partial charge is 0.332 e. The number of nitrogens with one attached hydrogen (secondary N) is 2. The zero-order valence-corrected chi connectivity index (χ0v) is 12.8. The Bertz CT molecular complexity index is 596. The van der Waals surface area contributed by atoms with Gasteiger partial charge in [0.2, 0.25) is 0 Å². The first kappa shape index (κ1) is 15.4. The standard InChI is InChI=1S/C17H19FN2S/c1-2-3-6-13-9-11-14(12-10-13)19-17(21)20-16-8-5-4-7-15(16)18/h4-5,7-12H,2-3,6H2,1H3,(H2,19,20,21). The molecule has 0 amide bonds. The Labute approximate surface area is 130 Å². The van der Waals surface area contributed by atoms with Gasteiger partial charge in [0.15, 0.2) is 5.11 Å². The van der Waals surface area contributed by atoms with Crippen LogP contribution in [0.4, 0.5) is 15.8 Å². The van der Waals surface area contributed by atoms with E-state index in [0.29, 0.717) is 10.8 Å². The highest BCUT2D eigenvalue weighted by Gasteiger charge is 2.03. The molecule has 110 valence electrons. The Morgan fingerprint density at radius 3 is 2.43 bits per heavy atom. The molecule has 2 aromatic rings. The molecular weight excluding hydrogens is 283 g/mol. The quantitative estimate of drug-likeness (QED) is 0.762. The summed E-state index contributed by atoms with van der Waals surface area (Å²) in [6.07, 6.45) is 3.48. The Hall–Kier alpha value is -1.94. The summed E-state index contributed by atoms with van der Waals surface area (Å²) in [5, 5.41) is 6.28. The number of benzene rings is 2. The second kappa shape index (κ2) is 7.74. The molecule has 0 aliphatic rings. The summed E-state index contributed by atoms with van der Waals surface area (Å²) in [6, 6.07) is 14.6. The third-order valence-electron chi connectivity index (χ3n) is 3.15. The van der Waals surface area contributed by atoms with Crippen molar-refractivity contribution in [3.05, 3.63) is 59.9 Å². The van der Waals surface area contributed by atoms with Crippen molar-refractivity contribution < 1.29 is 4.39 Å². The molecule has 0 unspecified atom stereocenters. The lowest BCUT2D eigenvalue weighted by Crippen LogP contribution is -2.19. The number of aryl methyl sites for hydroxylation is 1. The minimum Gasteiger partial charge on any atom is -0.332 e. The van der Waals surface area contributed by atoms with Gasteiger partial charge in [0.25, 0.3) is 0 Å². The van der Waals surface area contributed by atoms with Gasteiger partial charge in [-0.3, -0.25) is 0 Å². The molecule has 0 saturated heterocycles. The van der Waals surface area contributed by atoms with E-state index in [-0.39, 0.29) is 5.82 Å². The molecule has 2 rings (SSSR count). The monoisotopic (exact) mass is 302 g/mol. The van der Waals surface area contributed by atoms with Crippen LogP contribution in [0.25, 0.3) is 0 Å². The molecule has 0 atom stereocenters. The maximum absolute atomic E-state index is 13.5. The van der Waals surface area contributed by atoms with Gasteiger partial charge in [-0.2, -0.15) is 0 Å². The first-order valence-corrected chi connectivity index (χ1v) is 7.51. The van der Waals surface area contributed by atoms with Crippen molar-refractivity contribution in [2.45, 2.75) is 26.2 Å². The van der Waals surface area contributed by atoms with Gasteiger partial charge in [-0.1, -0.05) is 37.6 Å². The zero-order valence-electron chi connectivity index (χ0n) is 12.0. The first-order chi connectivity index (χ1) is 10.2. The van der Waals surface area contributed by atoms with Crippen LogP contribution in [0.5, 0.6) is 0 Å². The third-order valence-corrected chi connectivity index (χ3v) is 3.36. The molecule has 0 aliphatic carbocycles. The van der Waals surface area contributed by atoms with Crippen molar-refractivity contribution in [1.82, 2.24) is 0 Å². The lowest BCUT2D eigenvalue weighted by Gasteiger charge is -2.11. The van der Waals surface area contributed by atoms with E-state index in [1.54, 1.807) is 18.2 Å². The van der Waals surface area contributed by atoms with Crippen molar-refractivity contribution in [3.63, 3.8) is 0 Å². The van der Waals surface area contributed by atoms with Crippen molar-refractivity contribution >= 4 is 28.7 Å². The molecule has 0 fully saturated rings. The van der Waals surface area contributed by atoms with Crippen molar-refractivity contribution in [2.24, 2.45) is 0 Å². The van der Waals surface area contributed by atoms with Gasteiger partial charge in [-0.05, 0) is 54.9 Å². The third kappa shape index (κ3) is 4.83. The van der Waals surface area contributed by atoms with Gasteiger partial charge in [0.1, 0.15) is 5.82 Å². The fourth-order valence-electron chi connectivity index (χ4n) is 1.98. The summed E-state index contributed by atoms with van der Waals surface area (Å²) in [7, 11) is 0. The molecule has 0 heterocycles. The number of para-hydroxylation sites is 1. The smallest absolute Gasteiger partial charge is 0.175 e. The summed E-state index contributed by atoms with van der Waals surface area (Å²) in [5.74, 6) is -0.323. The highest BCUT2D eigenvalue weighted by Crippen LogP contribution is 2.15. The SMILES string of the molecule is CCCCc1ccc(NC(=S)Nc2ccccc2F)cc1. The second-order valence-corrected chi connectivity index (χ2v) is 5.27. The van der Waals surface area contributed by atoms with Gasteiger partial charge < -0.3 is 10.6 Å². The maximum Gasteiger partial charge on any atom is 0.175 e. The van der Waals surface area contributed by atoms with Crippen molar-refractivity contribution in [3.8, 4) is 0 Å². The number of halogens is 1. The highest BCUT2D eigenvalue weighted by atomic mass is 32.1. The van der Waals surface area contributed by atoms with Gasteiger partial charge >= 0.3 is 0 Å². The van der Waals surface area contributed by atoms with Crippen LogP contribution in [0.1, 0.15) is 25.3 Å². The number of hydrogen-bond donors (Lipinski definition) is 2. The Kier molecular flexibility index (Phi) is 5.69. The lowest BCUT2D eigenvalue weighted by molar-refractivity contribution is 0.632. The number of anilines is 2. The fourth-order valence-corrected chi connectivity index (χ4v) is 2.21. The Morgan fingerprint density at radius 1 is 1.05 bits per heavy atom. The molecule has 0 radical (unpaired) electrons. The van der Waals surface area contributed by atoms with Crippen molar-refractivity contribution in [2.75, 3.05) is 10.6 Å². The second-order valence-electron chi connectivity index (χ2n) is 4.86. The van der Waals surface area contributed by atoms with E-state index in [4.69, 9.17) is 12.2 Å². The van der Waals surface area contributed by atoms with Crippen molar-refractivity contribution in [1.29, 1.82) is 0 Å². The van der Waals surface area contributed by atoms with Gasteiger partial charge in [0, 0.05) is 5.69 Å². The summed E-state index contributed by atoms with van der Waals surface area (Å²) in [4.78, 5) is 0. The number of rotatable bonds is 5. The number of thiocarbonyl (C=S) groups is 1. The molecule has 2 aromatic carbocycles. The molecule has 0 saturated carbocycles. The molecule has 2 nitrogen and oxygen atoms in total. The molecule has 4 heteroatoms. The number of hydrogen-bond acceptors (Lipinski definition) is 1. The summed E-state index contributed by atoms with van der Waals surface area (Å²) in [5.41, 5.74) is 2.58. The Morgan fingerprint density at radius 2 is 1.76 bits per heavy atom. The van der Waals surface area contributed by atoms with Crippen LogP contribution in [0.3, 0.4) is 0 Å². The van der Waals surface area contributed by atoms with Crippen LogP contribution >= 0.6 is 12.2 Å². The molecule has 0 aliphatic heterocycles. The topological polar surface area (TPSA) is 24.1 Å². The van der Waals surface area contributed by atoms with E-state index in [9.17, 15) is 4.39 Å². The van der Waals surface area contributed by atoms with Crippen LogP contribution in [0.2, 0.25) is 0 Å². The molecule has 0 bridgehead atoms.